The first-order valence-electron chi connectivity index (χ1n) is 11.7. The van der Waals surface area contributed by atoms with Gasteiger partial charge in [0.1, 0.15) is 6.29 Å². The minimum Gasteiger partial charge on any atom is -0.303 e. The molecule has 0 bridgehead atoms. The molecule has 0 unspecified atom stereocenters. The van der Waals surface area contributed by atoms with Crippen molar-refractivity contribution in [1.29, 1.82) is 0 Å². The highest BCUT2D eigenvalue weighted by atomic mass is 16.1. The number of carbonyl (C=O) groups is 1. The number of hydrogen-bond acceptors (Lipinski definition) is 1. The molecule has 3 rings (SSSR count). The Morgan fingerprint density at radius 2 is 1.56 bits per heavy atom. The largest absolute Gasteiger partial charge is 0.303 e. The second-order valence-corrected chi connectivity index (χ2v) is 9.58. The van der Waals surface area contributed by atoms with E-state index in [4.69, 9.17) is 0 Å². The smallest absolute Gasteiger partial charge is 0.126 e. The van der Waals surface area contributed by atoms with Crippen molar-refractivity contribution in [2.75, 3.05) is 0 Å². The van der Waals surface area contributed by atoms with Crippen molar-refractivity contribution in [3.8, 4) is 0 Å². The van der Waals surface area contributed by atoms with E-state index >= 15 is 0 Å². The lowest BCUT2D eigenvalue weighted by Gasteiger charge is -2.36. The molecule has 2 saturated carbocycles. The normalized spacial score (nSPS) is 31.6. The van der Waals surface area contributed by atoms with Crippen LogP contribution >= 0.6 is 0 Å². The van der Waals surface area contributed by atoms with Gasteiger partial charge in [-0.2, -0.15) is 0 Å². The molecule has 0 atom stereocenters. The van der Waals surface area contributed by atoms with E-state index in [0.29, 0.717) is 5.92 Å². The Hall–Kier alpha value is -1.11. The monoisotopic (exact) mass is 368 g/mol. The minimum absolute atomic E-state index is 0.0119. The van der Waals surface area contributed by atoms with E-state index in [2.05, 4.69) is 38.1 Å². The van der Waals surface area contributed by atoms with Gasteiger partial charge in [-0.1, -0.05) is 76.6 Å². The summed E-state index contributed by atoms with van der Waals surface area (Å²) in [5, 5.41) is 0. The lowest BCUT2D eigenvalue weighted by atomic mass is 9.68. The number of hydrogen-bond donors (Lipinski definition) is 0. The summed E-state index contributed by atoms with van der Waals surface area (Å²) in [6.07, 6.45) is 17.8. The van der Waals surface area contributed by atoms with Crippen LogP contribution in [0.1, 0.15) is 108 Å². The van der Waals surface area contributed by atoms with E-state index in [-0.39, 0.29) is 5.41 Å². The third kappa shape index (κ3) is 5.46. The molecule has 0 aliphatic heterocycles. The molecule has 0 N–H and O–H groups in total. The highest BCUT2D eigenvalue weighted by Gasteiger charge is 2.34. The first kappa shape index (κ1) is 20.6. The Balaban J connectivity index is 1.46. The molecule has 2 aliphatic carbocycles. The van der Waals surface area contributed by atoms with Crippen molar-refractivity contribution < 1.29 is 4.79 Å². The number of rotatable bonds is 8. The van der Waals surface area contributed by atoms with E-state index in [1.54, 1.807) is 0 Å². The van der Waals surface area contributed by atoms with E-state index < -0.39 is 0 Å². The molecule has 2 fully saturated rings. The van der Waals surface area contributed by atoms with Gasteiger partial charge in [0.25, 0.3) is 0 Å². The number of aldehydes is 1. The quantitative estimate of drug-likeness (QED) is 0.435. The topological polar surface area (TPSA) is 17.1 Å². The predicted molar refractivity (Wildman–Crippen MR) is 115 cm³/mol. The summed E-state index contributed by atoms with van der Waals surface area (Å²) in [6.45, 7) is 4.55. The van der Waals surface area contributed by atoms with Gasteiger partial charge in [0.2, 0.25) is 0 Å². The summed E-state index contributed by atoms with van der Waals surface area (Å²) >= 11 is 0. The van der Waals surface area contributed by atoms with E-state index in [1.165, 1.54) is 75.2 Å². The molecule has 1 aromatic carbocycles. The van der Waals surface area contributed by atoms with Gasteiger partial charge in [0, 0.05) is 5.41 Å². The molecule has 1 heteroatoms. The van der Waals surface area contributed by atoms with Crippen molar-refractivity contribution in [2.24, 2.45) is 17.3 Å². The van der Waals surface area contributed by atoms with E-state index in [1.807, 2.05) is 0 Å². The molecule has 27 heavy (non-hydrogen) atoms. The van der Waals surface area contributed by atoms with Crippen LogP contribution in [0, 0.1) is 17.3 Å². The Morgan fingerprint density at radius 3 is 2.11 bits per heavy atom. The molecule has 0 saturated heterocycles. The van der Waals surface area contributed by atoms with Crippen LogP contribution in [0.15, 0.2) is 24.3 Å². The summed E-state index contributed by atoms with van der Waals surface area (Å²) in [5.74, 6) is 2.63. The van der Waals surface area contributed by atoms with Gasteiger partial charge in [-0.25, -0.2) is 0 Å². The van der Waals surface area contributed by atoms with Crippen molar-refractivity contribution in [3.63, 3.8) is 0 Å². The summed E-state index contributed by atoms with van der Waals surface area (Å²) in [7, 11) is 0. The van der Waals surface area contributed by atoms with E-state index in [9.17, 15) is 4.79 Å². The molecule has 1 aromatic rings. The molecular formula is C26H40O. The van der Waals surface area contributed by atoms with Crippen LogP contribution in [-0.2, 0) is 11.2 Å². The third-order valence-corrected chi connectivity index (χ3v) is 7.82. The summed E-state index contributed by atoms with van der Waals surface area (Å²) in [4.78, 5) is 11.6. The van der Waals surface area contributed by atoms with Crippen LogP contribution in [0.2, 0.25) is 0 Å². The zero-order valence-electron chi connectivity index (χ0n) is 17.7. The van der Waals surface area contributed by atoms with Crippen molar-refractivity contribution in [3.05, 3.63) is 35.4 Å². The van der Waals surface area contributed by atoms with Crippen molar-refractivity contribution in [1.82, 2.24) is 0 Å². The summed E-state index contributed by atoms with van der Waals surface area (Å²) < 4.78 is 0. The second kappa shape index (κ2) is 9.89. The highest BCUT2D eigenvalue weighted by Crippen LogP contribution is 2.44. The fraction of sp³-hybridized carbons (Fsp3) is 0.731. The van der Waals surface area contributed by atoms with Crippen LogP contribution in [0.3, 0.4) is 0 Å². The molecule has 150 valence electrons. The van der Waals surface area contributed by atoms with Crippen LogP contribution in [0.5, 0.6) is 0 Å². The molecule has 0 amide bonds. The standard InChI is InChI=1S/C26H40O/c1-3-17-26(20-27)18-15-25(16-19-26)24-13-11-23(12-14-24)10-9-22-7-5-21(4-2)6-8-22/h11-14,20-22,25H,3-10,15-19H2,1-2H3/t21-,22-,25?,26?. The maximum atomic E-state index is 11.6. The van der Waals surface area contributed by atoms with Gasteiger partial charge in [-0.05, 0) is 73.8 Å². The van der Waals surface area contributed by atoms with Gasteiger partial charge in [0.05, 0.1) is 0 Å². The minimum atomic E-state index is -0.0119. The van der Waals surface area contributed by atoms with Gasteiger partial charge in [-0.3, -0.25) is 0 Å². The summed E-state index contributed by atoms with van der Waals surface area (Å²) in [5.41, 5.74) is 3.00. The van der Waals surface area contributed by atoms with Crippen molar-refractivity contribution in [2.45, 2.75) is 103 Å². The Bertz CT molecular complexity index is 556. The SMILES string of the molecule is CCCC1(C=O)CCC(c2ccc(CC[C@H]3CC[C@H](CC)CC3)cc2)CC1. The van der Waals surface area contributed by atoms with Gasteiger partial charge < -0.3 is 4.79 Å². The lowest BCUT2D eigenvalue weighted by Crippen LogP contribution is -2.28. The molecule has 2 aliphatic rings. The van der Waals surface area contributed by atoms with E-state index in [0.717, 1.165) is 37.5 Å². The Morgan fingerprint density at radius 1 is 0.926 bits per heavy atom. The third-order valence-electron chi connectivity index (χ3n) is 7.82. The maximum Gasteiger partial charge on any atom is 0.126 e. The van der Waals surface area contributed by atoms with Gasteiger partial charge in [-0.15, -0.1) is 0 Å². The molecule has 0 aromatic heterocycles. The Kier molecular flexibility index (Phi) is 7.56. The first-order chi connectivity index (χ1) is 13.2. The molecule has 1 nitrogen and oxygen atoms in total. The lowest BCUT2D eigenvalue weighted by molar-refractivity contribution is -0.118. The van der Waals surface area contributed by atoms with Gasteiger partial charge in [0.15, 0.2) is 0 Å². The van der Waals surface area contributed by atoms with Crippen LogP contribution < -0.4 is 0 Å². The highest BCUT2D eigenvalue weighted by molar-refractivity contribution is 5.59. The average Bonchev–Trinajstić information content (AvgIpc) is 2.74. The van der Waals surface area contributed by atoms with Crippen molar-refractivity contribution >= 4 is 6.29 Å². The average molecular weight is 369 g/mol. The molecule has 0 heterocycles. The van der Waals surface area contributed by atoms with Crippen LogP contribution in [0.25, 0.3) is 0 Å². The zero-order chi connectivity index (χ0) is 19.1. The first-order valence-corrected chi connectivity index (χ1v) is 11.7. The predicted octanol–water partition coefficient (Wildman–Crippen LogP) is 7.48. The number of carbonyl (C=O) groups excluding carboxylic acids is 1. The fourth-order valence-electron chi connectivity index (χ4n) is 5.71. The fourth-order valence-corrected chi connectivity index (χ4v) is 5.71. The van der Waals surface area contributed by atoms with Crippen LogP contribution in [-0.4, -0.2) is 6.29 Å². The number of benzene rings is 1. The molecule has 0 radical (unpaired) electrons. The second-order valence-electron chi connectivity index (χ2n) is 9.58. The summed E-state index contributed by atoms with van der Waals surface area (Å²) in [6, 6.07) is 9.50. The Labute approximate surface area is 167 Å². The van der Waals surface area contributed by atoms with Crippen LogP contribution in [0.4, 0.5) is 0 Å². The molecule has 0 spiro atoms. The van der Waals surface area contributed by atoms with Gasteiger partial charge >= 0.3 is 0 Å². The number of aryl methyl sites for hydroxylation is 1. The maximum absolute atomic E-state index is 11.6. The molecular weight excluding hydrogens is 328 g/mol. The zero-order valence-corrected chi connectivity index (χ0v) is 17.7.